The molecule has 3 N–H and O–H groups in total. The number of benzene rings is 1. The molecule has 0 saturated heterocycles. The lowest BCUT2D eigenvalue weighted by Gasteiger charge is -2.09. The van der Waals surface area contributed by atoms with Crippen molar-refractivity contribution in [2.45, 2.75) is 13.2 Å². The van der Waals surface area contributed by atoms with Gasteiger partial charge in [0.25, 0.3) is 0 Å². The molecule has 17 heavy (non-hydrogen) atoms. The van der Waals surface area contributed by atoms with Crippen LogP contribution < -0.4 is 10.5 Å². The average Bonchev–Trinajstić information content (AvgIpc) is 2.39. The van der Waals surface area contributed by atoms with Gasteiger partial charge in [-0.25, -0.2) is 0 Å². The first-order chi connectivity index (χ1) is 8.33. The zero-order valence-electron chi connectivity index (χ0n) is 9.34. The van der Waals surface area contributed by atoms with Crippen LogP contribution in [0.2, 0.25) is 0 Å². The van der Waals surface area contributed by atoms with Crippen LogP contribution in [0, 0.1) is 0 Å². The van der Waals surface area contributed by atoms with Gasteiger partial charge in [0.15, 0.2) is 0 Å². The van der Waals surface area contributed by atoms with Crippen molar-refractivity contribution in [3.63, 3.8) is 0 Å². The summed E-state index contributed by atoms with van der Waals surface area (Å²) >= 11 is 0. The first-order valence-electron chi connectivity index (χ1n) is 5.35. The van der Waals surface area contributed by atoms with Crippen LogP contribution in [0.4, 0.5) is 0 Å². The van der Waals surface area contributed by atoms with E-state index >= 15 is 0 Å². The Kier molecular flexibility index (Phi) is 3.69. The third-order valence-corrected chi connectivity index (χ3v) is 2.37. The number of aliphatic hydroxyl groups is 1. The van der Waals surface area contributed by atoms with Gasteiger partial charge in [-0.05, 0) is 12.1 Å². The van der Waals surface area contributed by atoms with Gasteiger partial charge in [0.2, 0.25) is 0 Å². The Balaban J connectivity index is 2.24. The number of rotatable bonds is 4. The zero-order chi connectivity index (χ0) is 12.1. The molecule has 1 aromatic carbocycles. The summed E-state index contributed by atoms with van der Waals surface area (Å²) in [6.45, 7) is 0.323. The molecule has 0 radical (unpaired) electrons. The molecule has 0 aliphatic heterocycles. The van der Waals surface area contributed by atoms with Crippen LogP contribution >= 0.6 is 0 Å². The van der Waals surface area contributed by atoms with Crippen LogP contribution in [-0.2, 0) is 13.2 Å². The number of nitrogens with two attached hydrogens (primary N) is 1. The van der Waals surface area contributed by atoms with Gasteiger partial charge in [0.1, 0.15) is 11.5 Å². The molecule has 0 atom stereocenters. The number of para-hydroxylation sites is 1. The molecule has 0 aliphatic rings. The molecule has 0 unspecified atom stereocenters. The maximum Gasteiger partial charge on any atom is 0.132 e. The van der Waals surface area contributed by atoms with Gasteiger partial charge in [-0.2, -0.15) is 0 Å². The van der Waals surface area contributed by atoms with Gasteiger partial charge in [-0.1, -0.05) is 18.2 Å². The smallest absolute Gasteiger partial charge is 0.132 e. The van der Waals surface area contributed by atoms with Gasteiger partial charge in [0.05, 0.1) is 12.3 Å². The van der Waals surface area contributed by atoms with Crippen molar-refractivity contribution in [3.05, 3.63) is 53.9 Å². The number of nitrogens with zero attached hydrogens (tertiary/aromatic N) is 1. The second-order valence-electron chi connectivity index (χ2n) is 3.55. The maximum absolute atomic E-state index is 9.18. The van der Waals surface area contributed by atoms with Crippen molar-refractivity contribution in [3.8, 4) is 11.5 Å². The summed E-state index contributed by atoms with van der Waals surface area (Å²) in [6.07, 6.45) is 1.65. The quantitative estimate of drug-likeness (QED) is 0.840. The van der Waals surface area contributed by atoms with Crippen LogP contribution in [0.5, 0.6) is 11.5 Å². The minimum absolute atomic E-state index is 0.0506. The number of aliphatic hydroxyl groups excluding tert-OH is 1. The Morgan fingerprint density at radius 2 is 2.06 bits per heavy atom. The Hall–Kier alpha value is -1.91. The summed E-state index contributed by atoms with van der Waals surface area (Å²) in [5, 5.41) is 9.18. The highest BCUT2D eigenvalue weighted by Gasteiger charge is 2.03. The third-order valence-electron chi connectivity index (χ3n) is 2.37. The van der Waals surface area contributed by atoms with Gasteiger partial charge in [0, 0.05) is 24.4 Å². The van der Waals surface area contributed by atoms with E-state index in [9.17, 15) is 5.11 Å². The largest absolute Gasteiger partial charge is 0.457 e. The van der Waals surface area contributed by atoms with Crippen molar-refractivity contribution in [2.75, 3.05) is 0 Å². The predicted molar refractivity (Wildman–Crippen MR) is 64.6 cm³/mol. The lowest BCUT2D eigenvalue weighted by atomic mass is 10.2. The first-order valence-corrected chi connectivity index (χ1v) is 5.35. The van der Waals surface area contributed by atoms with Crippen molar-refractivity contribution in [1.29, 1.82) is 0 Å². The number of ether oxygens (including phenoxy) is 1. The Labute approximate surface area is 99.7 Å². The van der Waals surface area contributed by atoms with E-state index in [1.807, 2.05) is 24.3 Å². The number of aromatic nitrogens is 1. The molecule has 4 heteroatoms. The number of pyridine rings is 1. The highest BCUT2D eigenvalue weighted by Crippen LogP contribution is 2.25. The third kappa shape index (κ3) is 2.81. The van der Waals surface area contributed by atoms with E-state index in [0.29, 0.717) is 18.0 Å². The molecule has 0 amide bonds. The minimum Gasteiger partial charge on any atom is -0.457 e. The molecule has 0 spiro atoms. The predicted octanol–water partition coefficient (Wildman–Crippen LogP) is 1.82. The van der Waals surface area contributed by atoms with Crippen LogP contribution in [0.15, 0.2) is 42.6 Å². The van der Waals surface area contributed by atoms with Crippen molar-refractivity contribution in [1.82, 2.24) is 4.98 Å². The second-order valence-corrected chi connectivity index (χ2v) is 3.55. The van der Waals surface area contributed by atoms with Gasteiger partial charge >= 0.3 is 0 Å². The normalized spacial score (nSPS) is 10.2. The topological polar surface area (TPSA) is 68.4 Å². The second kappa shape index (κ2) is 5.43. The summed E-state index contributed by atoms with van der Waals surface area (Å²) in [5.41, 5.74) is 7.03. The van der Waals surface area contributed by atoms with Crippen molar-refractivity contribution >= 4 is 0 Å². The lowest BCUT2D eigenvalue weighted by Crippen LogP contribution is -1.99. The fourth-order valence-electron chi connectivity index (χ4n) is 1.49. The molecule has 2 rings (SSSR count). The van der Waals surface area contributed by atoms with Crippen LogP contribution in [-0.4, -0.2) is 10.1 Å². The molecule has 4 nitrogen and oxygen atoms in total. The van der Waals surface area contributed by atoms with E-state index in [-0.39, 0.29) is 6.61 Å². The Morgan fingerprint density at radius 3 is 2.82 bits per heavy atom. The van der Waals surface area contributed by atoms with E-state index in [1.54, 1.807) is 18.3 Å². The van der Waals surface area contributed by atoms with E-state index in [0.717, 1.165) is 11.3 Å². The molecule has 0 aliphatic carbocycles. The standard InChI is InChI=1S/C13H14N2O2/c14-8-11-7-12(5-6-15-11)17-13-4-2-1-3-10(13)9-16/h1-7,16H,8-9,14H2. The molecule has 1 aromatic heterocycles. The summed E-state index contributed by atoms with van der Waals surface area (Å²) < 4.78 is 5.69. The molecule has 0 saturated carbocycles. The van der Waals surface area contributed by atoms with Crippen LogP contribution in [0.1, 0.15) is 11.3 Å². The van der Waals surface area contributed by atoms with Gasteiger partial charge in [-0.15, -0.1) is 0 Å². The van der Waals surface area contributed by atoms with Gasteiger partial charge < -0.3 is 15.6 Å². The van der Waals surface area contributed by atoms with Gasteiger partial charge in [-0.3, -0.25) is 4.98 Å². The first kappa shape index (κ1) is 11.6. The number of hydrogen-bond donors (Lipinski definition) is 2. The van der Waals surface area contributed by atoms with Crippen LogP contribution in [0.25, 0.3) is 0 Å². The molecule has 1 heterocycles. The van der Waals surface area contributed by atoms with Crippen molar-refractivity contribution < 1.29 is 9.84 Å². The van der Waals surface area contributed by atoms with Crippen molar-refractivity contribution in [2.24, 2.45) is 5.73 Å². The summed E-state index contributed by atoms with van der Waals surface area (Å²) in [6, 6.07) is 10.9. The maximum atomic E-state index is 9.18. The molecular formula is C13H14N2O2. The molecule has 2 aromatic rings. The molecule has 0 bridgehead atoms. The highest BCUT2D eigenvalue weighted by molar-refractivity contribution is 5.37. The van der Waals surface area contributed by atoms with E-state index < -0.39 is 0 Å². The highest BCUT2D eigenvalue weighted by atomic mass is 16.5. The Morgan fingerprint density at radius 1 is 1.24 bits per heavy atom. The lowest BCUT2D eigenvalue weighted by molar-refractivity contribution is 0.276. The zero-order valence-corrected chi connectivity index (χ0v) is 9.34. The fourth-order valence-corrected chi connectivity index (χ4v) is 1.49. The van der Waals surface area contributed by atoms with E-state index in [4.69, 9.17) is 10.5 Å². The van der Waals surface area contributed by atoms with E-state index in [2.05, 4.69) is 4.98 Å². The summed E-state index contributed by atoms with van der Waals surface area (Å²) in [7, 11) is 0. The SMILES string of the molecule is NCc1cc(Oc2ccccc2CO)ccn1. The monoisotopic (exact) mass is 230 g/mol. The molecular weight excluding hydrogens is 216 g/mol. The Bertz CT molecular complexity index is 500. The summed E-state index contributed by atoms with van der Waals surface area (Å²) in [4.78, 5) is 4.09. The molecule has 0 fully saturated rings. The van der Waals surface area contributed by atoms with E-state index in [1.165, 1.54) is 0 Å². The molecule has 88 valence electrons. The average molecular weight is 230 g/mol. The summed E-state index contributed by atoms with van der Waals surface area (Å²) in [5.74, 6) is 1.31. The number of hydrogen-bond acceptors (Lipinski definition) is 4. The fraction of sp³-hybridized carbons (Fsp3) is 0.154. The van der Waals surface area contributed by atoms with Crippen LogP contribution in [0.3, 0.4) is 0 Å². The minimum atomic E-state index is -0.0506.